The Hall–Kier alpha value is -2.01. The Bertz CT molecular complexity index is 1070. The summed E-state index contributed by atoms with van der Waals surface area (Å²) in [6, 6.07) is 21.8. The molecule has 0 N–H and O–H groups in total. The number of rotatable bonds is 2. The first-order valence-electron chi connectivity index (χ1n) is 8.92. The molecule has 3 aromatic carbocycles. The van der Waals surface area contributed by atoms with E-state index < -0.39 is 0 Å². The van der Waals surface area contributed by atoms with Crippen LogP contribution in [0.2, 0.25) is 10.0 Å². The quantitative estimate of drug-likeness (QED) is 0.400. The Balaban J connectivity index is 1.59. The van der Waals surface area contributed by atoms with E-state index in [1.54, 1.807) is 0 Å². The van der Waals surface area contributed by atoms with Gasteiger partial charge in [-0.1, -0.05) is 63.4 Å². The van der Waals surface area contributed by atoms with Gasteiger partial charge in [-0.05, 0) is 48.0 Å². The fraction of sp³-hybridized carbons (Fsp3) is 0.136. The van der Waals surface area contributed by atoms with Crippen molar-refractivity contribution in [2.45, 2.75) is 18.7 Å². The van der Waals surface area contributed by atoms with Crippen LogP contribution in [0.1, 0.15) is 35.4 Å². The van der Waals surface area contributed by atoms with Gasteiger partial charge in [0.15, 0.2) is 0 Å². The van der Waals surface area contributed by atoms with Crippen LogP contribution in [-0.4, -0.2) is 10.7 Å². The van der Waals surface area contributed by atoms with E-state index in [1.807, 2.05) is 59.6 Å². The van der Waals surface area contributed by atoms with E-state index in [0.717, 1.165) is 39.0 Å². The molecule has 0 radical (unpaired) electrons. The molecule has 2 heterocycles. The number of fused-ring (bicyclic) bond motifs is 3. The molecular formula is C22H15BrCl2N2O. The second kappa shape index (κ2) is 7.11. The van der Waals surface area contributed by atoms with Crippen LogP contribution in [0.4, 0.5) is 0 Å². The molecule has 3 aromatic rings. The van der Waals surface area contributed by atoms with E-state index in [1.165, 1.54) is 0 Å². The summed E-state index contributed by atoms with van der Waals surface area (Å²) < 4.78 is 7.38. The Kier molecular flexibility index (Phi) is 4.58. The maximum atomic E-state index is 6.35. The molecule has 28 heavy (non-hydrogen) atoms. The first-order valence-corrected chi connectivity index (χ1v) is 10.5. The lowest BCUT2D eigenvalue weighted by Crippen LogP contribution is -2.33. The van der Waals surface area contributed by atoms with Gasteiger partial charge in [0, 0.05) is 32.1 Å². The average Bonchev–Trinajstić information content (AvgIpc) is 3.14. The van der Waals surface area contributed by atoms with Crippen LogP contribution in [-0.2, 0) is 0 Å². The normalized spacial score (nSPS) is 20.2. The number of nitrogens with zero attached hydrogens (tertiary/aromatic N) is 2. The van der Waals surface area contributed by atoms with Gasteiger partial charge in [-0.25, -0.2) is 5.01 Å². The molecule has 0 spiro atoms. The minimum Gasteiger partial charge on any atom is -0.464 e. The Labute approximate surface area is 181 Å². The number of hydrazone groups is 1. The van der Waals surface area contributed by atoms with Crippen LogP contribution in [0.5, 0.6) is 5.75 Å². The predicted octanol–water partition coefficient (Wildman–Crippen LogP) is 7.00. The third kappa shape index (κ3) is 3.20. The van der Waals surface area contributed by atoms with E-state index in [4.69, 9.17) is 33.0 Å². The van der Waals surface area contributed by atoms with Crippen LogP contribution in [0, 0.1) is 0 Å². The number of hydrogen-bond acceptors (Lipinski definition) is 3. The Morgan fingerprint density at radius 2 is 1.64 bits per heavy atom. The highest BCUT2D eigenvalue weighted by molar-refractivity contribution is 9.10. The number of halogens is 3. The van der Waals surface area contributed by atoms with Gasteiger partial charge in [0.05, 0.1) is 11.8 Å². The third-order valence-electron chi connectivity index (χ3n) is 5.08. The van der Waals surface area contributed by atoms with E-state index in [-0.39, 0.29) is 12.3 Å². The standard InChI is InChI=1S/C22H15BrCl2N2O/c23-15-5-1-14(2-6-15)22-27-20(18-11-17(25)9-10-21(18)28-22)12-19(26-27)13-3-7-16(24)8-4-13/h1-11,20,22H,12H2/t20-,22-/m1/s1. The summed E-state index contributed by atoms with van der Waals surface area (Å²) >= 11 is 15.8. The molecule has 140 valence electrons. The summed E-state index contributed by atoms with van der Waals surface area (Å²) in [5, 5.41) is 8.41. The third-order valence-corrected chi connectivity index (χ3v) is 6.10. The molecule has 0 fully saturated rings. The highest BCUT2D eigenvalue weighted by Gasteiger charge is 2.41. The van der Waals surface area contributed by atoms with Crippen LogP contribution in [0.25, 0.3) is 0 Å². The van der Waals surface area contributed by atoms with E-state index in [0.29, 0.717) is 10.0 Å². The molecule has 2 atom stereocenters. The zero-order valence-electron chi connectivity index (χ0n) is 14.6. The summed E-state index contributed by atoms with van der Waals surface area (Å²) in [6.07, 6.45) is 0.488. The molecule has 2 aliphatic rings. The smallest absolute Gasteiger partial charge is 0.213 e. The van der Waals surface area contributed by atoms with Crippen molar-refractivity contribution in [2.24, 2.45) is 5.10 Å². The minimum absolute atomic E-state index is 0.0711. The fourth-order valence-corrected chi connectivity index (χ4v) is 4.29. The second-order valence-corrected chi connectivity index (χ2v) is 8.65. The van der Waals surface area contributed by atoms with Crippen molar-refractivity contribution in [3.63, 3.8) is 0 Å². The van der Waals surface area contributed by atoms with Crippen molar-refractivity contribution in [3.8, 4) is 5.75 Å². The Morgan fingerprint density at radius 3 is 2.39 bits per heavy atom. The summed E-state index contributed by atoms with van der Waals surface area (Å²) in [7, 11) is 0. The van der Waals surface area contributed by atoms with Crippen molar-refractivity contribution in [1.29, 1.82) is 0 Å². The molecular weight excluding hydrogens is 459 g/mol. The van der Waals surface area contributed by atoms with E-state index in [2.05, 4.69) is 28.1 Å². The number of benzene rings is 3. The lowest BCUT2D eigenvalue weighted by molar-refractivity contribution is -0.0190. The largest absolute Gasteiger partial charge is 0.464 e. The molecule has 3 nitrogen and oxygen atoms in total. The zero-order valence-corrected chi connectivity index (χ0v) is 17.7. The van der Waals surface area contributed by atoms with Gasteiger partial charge in [0.1, 0.15) is 5.75 Å². The van der Waals surface area contributed by atoms with Crippen LogP contribution in [0.15, 0.2) is 76.3 Å². The van der Waals surface area contributed by atoms with Crippen LogP contribution < -0.4 is 4.74 Å². The molecule has 0 aliphatic carbocycles. The maximum Gasteiger partial charge on any atom is 0.213 e. The van der Waals surface area contributed by atoms with Gasteiger partial charge in [-0.3, -0.25) is 0 Å². The summed E-state index contributed by atoms with van der Waals surface area (Å²) in [5.41, 5.74) is 4.20. The van der Waals surface area contributed by atoms with Crippen molar-refractivity contribution in [2.75, 3.05) is 0 Å². The summed E-state index contributed by atoms with van der Waals surface area (Å²) in [4.78, 5) is 0. The van der Waals surface area contributed by atoms with Gasteiger partial charge in [0.25, 0.3) is 0 Å². The molecule has 0 bridgehead atoms. The first kappa shape index (κ1) is 18.0. The molecule has 6 heteroatoms. The van der Waals surface area contributed by atoms with Crippen LogP contribution >= 0.6 is 39.1 Å². The van der Waals surface area contributed by atoms with Gasteiger partial charge in [0.2, 0.25) is 6.23 Å². The lowest BCUT2D eigenvalue weighted by Gasteiger charge is -2.38. The van der Waals surface area contributed by atoms with Crippen molar-refractivity contribution in [3.05, 3.63) is 97.9 Å². The summed E-state index contributed by atoms with van der Waals surface area (Å²) in [5.74, 6) is 0.853. The molecule has 0 unspecified atom stereocenters. The minimum atomic E-state index is -0.295. The molecule has 0 saturated heterocycles. The second-order valence-electron chi connectivity index (χ2n) is 6.86. The molecule has 0 amide bonds. The monoisotopic (exact) mass is 472 g/mol. The number of ether oxygens (including phenoxy) is 1. The van der Waals surface area contributed by atoms with Crippen LogP contribution in [0.3, 0.4) is 0 Å². The van der Waals surface area contributed by atoms with Crippen molar-refractivity contribution in [1.82, 2.24) is 5.01 Å². The SMILES string of the molecule is Clc1ccc(C2=NN3[C@H](C2)c2cc(Cl)ccc2O[C@@H]3c2ccc(Br)cc2)cc1. The van der Waals surface area contributed by atoms with E-state index in [9.17, 15) is 0 Å². The van der Waals surface area contributed by atoms with Gasteiger partial charge in [-0.15, -0.1) is 0 Å². The summed E-state index contributed by atoms with van der Waals surface area (Å²) in [6.45, 7) is 0. The predicted molar refractivity (Wildman–Crippen MR) is 116 cm³/mol. The molecule has 0 aromatic heterocycles. The number of hydrogen-bond donors (Lipinski definition) is 0. The van der Waals surface area contributed by atoms with Crippen molar-refractivity contribution < 1.29 is 4.74 Å². The molecule has 5 rings (SSSR count). The maximum absolute atomic E-state index is 6.35. The van der Waals surface area contributed by atoms with Crippen molar-refractivity contribution >= 4 is 44.8 Å². The highest BCUT2D eigenvalue weighted by atomic mass is 79.9. The van der Waals surface area contributed by atoms with Gasteiger partial charge in [-0.2, -0.15) is 5.10 Å². The zero-order chi connectivity index (χ0) is 19.3. The Morgan fingerprint density at radius 1 is 0.929 bits per heavy atom. The van der Waals surface area contributed by atoms with Gasteiger partial charge >= 0.3 is 0 Å². The molecule has 0 saturated carbocycles. The lowest BCUT2D eigenvalue weighted by atomic mass is 9.96. The first-order chi connectivity index (χ1) is 13.6. The molecule has 2 aliphatic heterocycles. The topological polar surface area (TPSA) is 24.8 Å². The van der Waals surface area contributed by atoms with E-state index >= 15 is 0 Å². The van der Waals surface area contributed by atoms with Gasteiger partial charge < -0.3 is 4.74 Å². The highest BCUT2D eigenvalue weighted by Crippen LogP contribution is 2.48. The fourth-order valence-electron chi connectivity index (χ4n) is 3.72. The average molecular weight is 474 g/mol.